The highest BCUT2D eigenvalue weighted by atomic mass is 35.5. The van der Waals surface area contributed by atoms with Gasteiger partial charge < -0.3 is 9.73 Å². The monoisotopic (exact) mass is 373 g/mol. The Morgan fingerprint density at radius 1 is 1.00 bits per heavy atom. The Kier molecular flexibility index (Phi) is 6.19. The normalized spacial score (nSPS) is 12.3. The van der Waals surface area contributed by atoms with E-state index >= 15 is 0 Å². The van der Waals surface area contributed by atoms with Crippen LogP contribution in [0.5, 0.6) is 0 Å². The van der Waals surface area contributed by atoms with Gasteiger partial charge in [-0.3, -0.25) is 0 Å². The van der Waals surface area contributed by atoms with Crippen molar-refractivity contribution in [2.75, 3.05) is 0 Å². The minimum absolute atomic E-state index is 0.318. The van der Waals surface area contributed by atoms with Crippen LogP contribution in [0.2, 0.25) is 10.0 Å². The fraction of sp³-hybridized carbons (Fsp3) is 0.238. The first kappa shape index (κ1) is 18.1. The molecule has 25 heavy (non-hydrogen) atoms. The number of furan rings is 1. The zero-order chi connectivity index (χ0) is 17.6. The first-order valence-corrected chi connectivity index (χ1v) is 9.25. The summed E-state index contributed by atoms with van der Waals surface area (Å²) in [5.74, 6) is 1.64. The molecule has 0 aliphatic rings. The molecule has 0 aliphatic heterocycles. The van der Waals surface area contributed by atoms with E-state index in [9.17, 15) is 0 Å². The summed E-state index contributed by atoms with van der Waals surface area (Å²) in [4.78, 5) is 0. The summed E-state index contributed by atoms with van der Waals surface area (Å²) in [7, 11) is 0. The Hall–Kier alpha value is -1.74. The van der Waals surface area contributed by atoms with Crippen LogP contribution in [-0.2, 0) is 6.54 Å². The Balaban J connectivity index is 1.70. The quantitative estimate of drug-likeness (QED) is 0.487. The standard InChI is InChI=1S/C21H21Cl2NO/c1-2-6-20(15-7-4-3-5-8-15)24-14-17-10-12-21(25-17)18-11-9-16(22)13-19(18)23/h3-5,7-13,20,24H,2,6,14H2,1H3. The van der Waals surface area contributed by atoms with Crippen molar-refractivity contribution < 1.29 is 4.42 Å². The van der Waals surface area contributed by atoms with Crippen molar-refractivity contribution in [2.45, 2.75) is 32.4 Å². The van der Waals surface area contributed by atoms with E-state index in [2.05, 4.69) is 36.5 Å². The van der Waals surface area contributed by atoms with E-state index in [-0.39, 0.29) is 0 Å². The highest BCUT2D eigenvalue weighted by molar-refractivity contribution is 6.36. The molecule has 0 fully saturated rings. The van der Waals surface area contributed by atoms with E-state index in [4.69, 9.17) is 27.6 Å². The maximum Gasteiger partial charge on any atom is 0.135 e. The smallest absolute Gasteiger partial charge is 0.135 e. The predicted molar refractivity (Wildman–Crippen MR) is 105 cm³/mol. The van der Waals surface area contributed by atoms with E-state index in [1.807, 2.05) is 30.3 Å². The van der Waals surface area contributed by atoms with E-state index < -0.39 is 0 Å². The SMILES string of the molecule is CCCC(NCc1ccc(-c2ccc(Cl)cc2Cl)o1)c1ccccc1. The summed E-state index contributed by atoms with van der Waals surface area (Å²) in [5, 5.41) is 4.80. The van der Waals surface area contributed by atoms with Crippen LogP contribution >= 0.6 is 23.2 Å². The Morgan fingerprint density at radius 3 is 2.52 bits per heavy atom. The maximum absolute atomic E-state index is 6.26. The molecule has 1 aromatic heterocycles. The molecule has 3 rings (SSSR count). The van der Waals surface area contributed by atoms with Crippen molar-refractivity contribution in [3.8, 4) is 11.3 Å². The number of halogens is 2. The highest BCUT2D eigenvalue weighted by Gasteiger charge is 2.12. The van der Waals surface area contributed by atoms with Crippen molar-refractivity contribution in [3.63, 3.8) is 0 Å². The zero-order valence-corrected chi connectivity index (χ0v) is 15.6. The van der Waals surface area contributed by atoms with Gasteiger partial charge in [-0.1, -0.05) is 66.9 Å². The van der Waals surface area contributed by atoms with Gasteiger partial charge in [0.15, 0.2) is 0 Å². The van der Waals surface area contributed by atoms with E-state index in [1.54, 1.807) is 6.07 Å². The van der Waals surface area contributed by atoms with Gasteiger partial charge in [0.25, 0.3) is 0 Å². The molecule has 0 spiro atoms. The molecule has 4 heteroatoms. The van der Waals surface area contributed by atoms with E-state index in [0.29, 0.717) is 22.6 Å². The molecular formula is C21H21Cl2NO. The van der Waals surface area contributed by atoms with Crippen molar-refractivity contribution in [3.05, 3.63) is 82.0 Å². The molecule has 1 unspecified atom stereocenters. The molecule has 2 aromatic carbocycles. The summed E-state index contributed by atoms with van der Waals surface area (Å²) < 4.78 is 5.96. The van der Waals surface area contributed by atoms with Gasteiger partial charge in [0.1, 0.15) is 11.5 Å². The third-order valence-corrected chi connectivity index (χ3v) is 4.71. The van der Waals surface area contributed by atoms with Gasteiger partial charge in [0.2, 0.25) is 0 Å². The summed E-state index contributed by atoms with van der Waals surface area (Å²) in [5.41, 5.74) is 2.15. The van der Waals surface area contributed by atoms with Crippen LogP contribution in [0.4, 0.5) is 0 Å². The molecular weight excluding hydrogens is 353 g/mol. The van der Waals surface area contributed by atoms with Crippen LogP contribution in [-0.4, -0.2) is 0 Å². The van der Waals surface area contributed by atoms with Crippen molar-refractivity contribution in [1.29, 1.82) is 0 Å². The van der Waals surface area contributed by atoms with Gasteiger partial charge in [0.05, 0.1) is 11.6 Å². The van der Waals surface area contributed by atoms with Gasteiger partial charge in [0, 0.05) is 16.6 Å². The molecule has 2 nitrogen and oxygen atoms in total. The van der Waals surface area contributed by atoms with Crippen LogP contribution in [0.15, 0.2) is 65.1 Å². The molecule has 1 heterocycles. The van der Waals surface area contributed by atoms with E-state index in [1.165, 1.54) is 5.56 Å². The Morgan fingerprint density at radius 2 is 1.80 bits per heavy atom. The summed E-state index contributed by atoms with van der Waals surface area (Å²) >= 11 is 12.2. The molecule has 0 bridgehead atoms. The number of hydrogen-bond acceptors (Lipinski definition) is 2. The molecule has 0 amide bonds. The molecule has 0 saturated carbocycles. The van der Waals surface area contributed by atoms with Gasteiger partial charge in [-0.15, -0.1) is 0 Å². The van der Waals surface area contributed by atoms with Crippen molar-refractivity contribution in [2.24, 2.45) is 0 Å². The molecule has 0 saturated heterocycles. The van der Waals surface area contributed by atoms with Crippen LogP contribution in [0.1, 0.15) is 37.1 Å². The Bertz CT molecular complexity index is 814. The molecule has 1 N–H and O–H groups in total. The molecule has 0 radical (unpaired) electrons. The molecule has 130 valence electrons. The number of hydrogen-bond donors (Lipinski definition) is 1. The number of rotatable bonds is 7. The number of nitrogens with one attached hydrogen (secondary N) is 1. The van der Waals surface area contributed by atoms with Crippen LogP contribution in [0.25, 0.3) is 11.3 Å². The van der Waals surface area contributed by atoms with Gasteiger partial charge >= 0.3 is 0 Å². The molecule has 0 aliphatic carbocycles. The fourth-order valence-corrected chi connectivity index (χ4v) is 3.39. The summed E-state index contributed by atoms with van der Waals surface area (Å²) in [6.45, 7) is 2.87. The third-order valence-electron chi connectivity index (χ3n) is 4.16. The lowest BCUT2D eigenvalue weighted by atomic mass is 10.0. The average molecular weight is 374 g/mol. The predicted octanol–water partition coefficient (Wildman–Crippen LogP) is 6.88. The van der Waals surface area contributed by atoms with Crippen molar-refractivity contribution >= 4 is 23.2 Å². The lowest BCUT2D eigenvalue weighted by Crippen LogP contribution is -2.20. The topological polar surface area (TPSA) is 25.2 Å². The summed E-state index contributed by atoms with van der Waals surface area (Å²) in [6, 6.07) is 20.2. The van der Waals surface area contributed by atoms with Crippen LogP contribution in [0.3, 0.4) is 0 Å². The average Bonchev–Trinajstić information content (AvgIpc) is 3.08. The van der Waals surface area contributed by atoms with Crippen LogP contribution < -0.4 is 5.32 Å². The van der Waals surface area contributed by atoms with Crippen LogP contribution in [0, 0.1) is 0 Å². The largest absolute Gasteiger partial charge is 0.460 e. The molecule has 3 aromatic rings. The van der Waals surface area contributed by atoms with Gasteiger partial charge in [-0.2, -0.15) is 0 Å². The van der Waals surface area contributed by atoms with Crippen molar-refractivity contribution in [1.82, 2.24) is 5.32 Å². The second-order valence-corrected chi connectivity index (χ2v) is 6.87. The lowest BCUT2D eigenvalue weighted by Gasteiger charge is -2.18. The third kappa shape index (κ3) is 4.66. The highest BCUT2D eigenvalue weighted by Crippen LogP contribution is 2.31. The molecule has 1 atom stereocenters. The van der Waals surface area contributed by atoms with Gasteiger partial charge in [-0.05, 0) is 42.3 Å². The number of benzene rings is 2. The maximum atomic E-state index is 6.26. The lowest BCUT2D eigenvalue weighted by molar-refractivity contribution is 0.439. The van der Waals surface area contributed by atoms with Gasteiger partial charge in [-0.25, -0.2) is 0 Å². The summed E-state index contributed by atoms with van der Waals surface area (Å²) in [6.07, 6.45) is 2.21. The first-order chi connectivity index (χ1) is 12.2. The minimum atomic E-state index is 0.318. The second kappa shape index (κ2) is 8.57. The van der Waals surface area contributed by atoms with E-state index in [0.717, 1.165) is 29.9 Å². The second-order valence-electron chi connectivity index (χ2n) is 6.02. The first-order valence-electron chi connectivity index (χ1n) is 8.50. The Labute approximate surface area is 158 Å². The minimum Gasteiger partial charge on any atom is -0.460 e. The zero-order valence-electron chi connectivity index (χ0n) is 14.1. The fourth-order valence-electron chi connectivity index (χ4n) is 2.89.